The summed E-state index contributed by atoms with van der Waals surface area (Å²) in [5.74, 6) is 0.336. The van der Waals surface area contributed by atoms with Gasteiger partial charge in [0, 0.05) is 12.5 Å². The minimum atomic E-state index is -0.204. The van der Waals surface area contributed by atoms with Gasteiger partial charge in [-0.2, -0.15) is 0 Å². The van der Waals surface area contributed by atoms with Crippen LogP contribution in [0, 0.1) is 5.92 Å². The minimum Gasteiger partial charge on any atom is -0.352 e. The molecule has 2 aromatic rings. The van der Waals surface area contributed by atoms with Gasteiger partial charge in [0.05, 0.1) is 11.0 Å². The zero-order valence-corrected chi connectivity index (χ0v) is 12.1. The fourth-order valence-electron chi connectivity index (χ4n) is 3.06. The second kappa shape index (κ2) is 6.16. The van der Waals surface area contributed by atoms with Crippen LogP contribution in [-0.4, -0.2) is 15.9 Å². The van der Waals surface area contributed by atoms with Crippen molar-refractivity contribution in [1.82, 2.24) is 15.3 Å². The molecule has 1 aliphatic carbocycles. The van der Waals surface area contributed by atoms with E-state index in [0.29, 0.717) is 6.54 Å². The normalized spacial score (nSPS) is 16.8. The summed E-state index contributed by atoms with van der Waals surface area (Å²) in [6.45, 7) is 0.512. The molecule has 1 heterocycles. The van der Waals surface area contributed by atoms with Crippen LogP contribution < -0.4 is 11.0 Å². The molecule has 112 valence electrons. The van der Waals surface area contributed by atoms with E-state index < -0.39 is 0 Å². The predicted octanol–water partition coefficient (Wildman–Crippen LogP) is 2.44. The van der Waals surface area contributed by atoms with E-state index in [1.807, 2.05) is 18.2 Å². The molecular weight excluding hydrogens is 266 g/mol. The number of aromatic nitrogens is 2. The van der Waals surface area contributed by atoms with Crippen molar-refractivity contribution >= 4 is 16.9 Å². The first-order chi connectivity index (χ1) is 10.2. The number of aromatic amines is 2. The van der Waals surface area contributed by atoms with Gasteiger partial charge in [0.2, 0.25) is 5.91 Å². The number of carbonyl (C=O) groups is 1. The van der Waals surface area contributed by atoms with Crippen LogP contribution in [0.2, 0.25) is 0 Å². The van der Waals surface area contributed by atoms with Gasteiger partial charge in [0.1, 0.15) is 0 Å². The maximum absolute atomic E-state index is 12.2. The summed E-state index contributed by atoms with van der Waals surface area (Å²) in [5, 5.41) is 3.03. The monoisotopic (exact) mass is 287 g/mol. The van der Waals surface area contributed by atoms with E-state index in [4.69, 9.17) is 0 Å². The molecule has 1 amide bonds. The molecule has 0 spiro atoms. The lowest BCUT2D eigenvalue weighted by Crippen LogP contribution is -2.30. The molecule has 3 N–H and O–H groups in total. The lowest BCUT2D eigenvalue weighted by atomic mass is 9.99. The van der Waals surface area contributed by atoms with E-state index in [0.717, 1.165) is 42.3 Å². The van der Waals surface area contributed by atoms with Gasteiger partial charge >= 0.3 is 5.69 Å². The molecule has 1 aliphatic rings. The highest BCUT2D eigenvalue weighted by atomic mass is 16.2. The van der Waals surface area contributed by atoms with Crippen molar-refractivity contribution < 1.29 is 4.79 Å². The lowest BCUT2D eigenvalue weighted by Gasteiger charge is -2.14. The van der Waals surface area contributed by atoms with Gasteiger partial charge in [-0.05, 0) is 30.5 Å². The van der Waals surface area contributed by atoms with Crippen LogP contribution >= 0.6 is 0 Å². The van der Waals surface area contributed by atoms with Crippen molar-refractivity contribution in [2.24, 2.45) is 5.92 Å². The largest absolute Gasteiger partial charge is 0.352 e. The fourth-order valence-corrected chi connectivity index (χ4v) is 3.06. The third-order valence-electron chi connectivity index (χ3n) is 4.27. The first-order valence-corrected chi connectivity index (χ1v) is 7.71. The molecule has 5 nitrogen and oxygen atoms in total. The molecular formula is C16H21N3O2. The molecule has 1 aromatic carbocycles. The molecule has 1 aromatic heterocycles. The van der Waals surface area contributed by atoms with Crippen molar-refractivity contribution in [2.75, 3.05) is 0 Å². The lowest BCUT2D eigenvalue weighted by molar-refractivity contribution is -0.125. The van der Waals surface area contributed by atoms with E-state index in [9.17, 15) is 9.59 Å². The second-order valence-corrected chi connectivity index (χ2v) is 5.87. The molecule has 5 heteroatoms. The predicted molar refractivity (Wildman–Crippen MR) is 82.0 cm³/mol. The first-order valence-electron chi connectivity index (χ1n) is 7.71. The molecule has 0 aliphatic heterocycles. The third kappa shape index (κ3) is 3.35. The van der Waals surface area contributed by atoms with E-state index in [2.05, 4.69) is 15.3 Å². The number of benzene rings is 1. The summed E-state index contributed by atoms with van der Waals surface area (Å²) in [4.78, 5) is 28.9. The molecule has 1 fully saturated rings. The van der Waals surface area contributed by atoms with Crippen molar-refractivity contribution in [3.05, 3.63) is 34.2 Å². The summed E-state index contributed by atoms with van der Waals surface area (Å²) in [7, 11) is 0. The molecule has 0 radical (unpaired) electrons. The van der Waals surface area contributed by atoms with Crippen LogP contribution in [0.3, 0.4) is 0 Å². The van der Waals surface area contributed by atoms with Crippen LogP contribution in [0.25, 0.3) is 11.0 Å². The Morgan fingerprint density at radius 1 is 1.10 bits per heavy atom. The minimum absolute atomic E-state index is 0.166. The van der Waals surface area contributed by atoms with Crippen LogP contribution in [-0.2, 0) is 11.3 Å². The number of hydrogen-bond acceptors (Lipinski definition) is 2. The zero-order chi connectivity index (χ0) is 14.7. The quantitative estimate of drug-likeness (QED) is 0.758. The zero-order valence-electron chi connectivity index (χ0n) is 12.1. The van der Waals surface area contributed by atoms with Gasteiger partial charge in [0.15, 0.2) is 0 Å². The number of nitrogens with one attached hydrogen (secondary N) is 3. The Bertz CT molecular complexity index is 678. The third-order valence-corrected chi connectivity index (χ3v) is 4.27. The van der Waals surface area contributed by atoms with E-state index >= 15 is 0 Å². The van der Waals surface area contributed by atoms with E-state index in [1.165, 1.54) is 12.8 Å². The number of hydrogen-bond donors (Lipinski definition) is 3. The Hall–Kier alpha value is -2.04. The number of imidazole rings is 1. The molecule has 0 atom stereocenters. The molecule has 21 heavy (non-hydrogen) atoms. The fraction of sp³-hybridized carbons (Fsp3) is 0.500. The highest BCUT2D eigenvalue weighted by molar-refractivity contribution is 5.79. The van der Waals surface area contributed by atoms with Crippen molar-refractivity contribution in [1.29, 1.82) is 0 Å². The first kappa shape index (κ1) is 13.9. The molecule has 3 rings (SSSR count). The molecule has 0 unspecified atom stereocenters. The smallest absolute Gasteiger partial charge is 0.323 e. The summed E-state index contributed by atoms with van der Waals surface area (Å²) in [5.41, 5.74) is 2.37. The highest BCUT2D eigenvalue weighted by Crippen LogP contribution is 2.23. The standard InChI is InChI=1S/C16H21N3O2/c20-15(12-5-3-1-2-4-6-12)17-10-11-7-8-13-14(9-11)19-16(21)18-13/h7-9,12H,1-6,10H2,(H,17,20)(H2,18,19,21). The van der Waals surface area contributed by atoms with Gasteiger partial charge < -0.3 is 15.3 Å². The highest BCUT2D eigenvalue weighted by Gasteiger charge is 2.19. The maximum Gasteiger partial charge on any atom is 0.323 e. The number of amides is 1. The summed E-state index contributed by atoms with van der Waals surface area (Å²) < 4.78 is 0. The van der Waals surface area contributed by atoms with Gasteiger partial charge in [-0.15, -0.1) is 0 Å². The van der Waals surface area contributed by atoms with Gasteiger partial charge in [-0.25, -0.2) is 4.79 Å². The number of fused-ring (bicyclic) bond motifs is 1. The topological polar surface area (TPSA) is 77.8 Å². The summed E-state index contributed by atoms with van der Waals surface area (Å²) >= 11 is 0. The summed E-state index contributed by atoms with van der Waals surface area (Å²) in [6, 6.07) is 5.69. The van der Waals surface area contributed by atoms with Crippen molar-refractivity contribution in [3.63, 3.8) is 0 Å². The molecule has 1 saturated carbocycles. The van der Waals surface area contributed by atoms with E-state index in [-0.39, 0.29) is 17.5 Å². The SMILES string of the molecule is O=C(NCc1ccc2[nH]c(=O)[nH]c2c1)C1CCCCCC1. The average Bonchev–Trinajstić information content (AvgIpc) is 2.68. The van der Waals surface area contributed by atoms with Crippen LogP contribution in [0.15, 0.2) is 23.0 Å². The number of carbonyl (C=O) groups excluding carboxylic acids is 1. The van der Waals surface area contributed by atoms with Crippen LogP contribution in [0.4, 0.5) is 0 Å². The Morgan fingerprint density at radius 2 is 1.81 bits per heavy atom. The second-order valence-electron chi connectivity index (χ2n) is 5.87. The Balaban J connectivity index is 1.62. The Morgan fingerprint density at radius 3 is 2.57 bits per heavy atom. The van der Waals surface area contributed by atoms with E-state index in [1.54, 1.807) is 0 Å². The Labute approximate surface area is 123 Å². The van der Waals surface area contributed by atoms with Crippen molar-refractivity contribution in [2.45, 2.75) is 45.1 Å². The van der Waals surface area contributed by atoms with Gasteiger partial charge in [0.25, 0.3) is 0 Å². The Kier molecular flexibility index (Phi) is 4.08. The maximum atomic E-state index is 12.2. The molecule has 0 bridgehead atoms. The van der Waals surface area contributed by atoms with Crippen molar-refractivity contribution in [3.8, 4) is 0 Å². The van der Waals surface area contributed by atoms with Crippen LogP contribution in [0.5, 0.6) is 0 Å². The molecule has 0 saturated heterocycles. The van der Waals surface area contributed by atoms with Gasteiger partial charge in [-0.1, -0.05) is 31.7 Å². The van der Waals surface area contributed by atoms with Crippen LogP contribution in [0.1, 0.15) is 44.1 Å². The average molecular weight is 287 g/mol. The number of H-pyrrole nitrogens is 2. The van der Waals surface area contributed by atoms with Gasteiger partial charge in [-0.3, -0.25) is 4.79 Å². The number of rotatable bonds is 3. The summed E-state index contributed by atoms with van der Waals surface area (Å²) in [6.07, 6.45) is 6.85.